The molecule has 4 rings (SSSR count). The minimum atomic E-state index is -0.330. The molecule has 0 spiro atoms. The lowest BCUT2D eigenvalue weighted by molar-refractivity contribution is -0.117. The van der Waals surface area contributed by atoms with Crippen LogP contribution in [0.1, 0.15) is 17.5 Å². The van der Waals surface area contributed by atoms with E-state index in [-0.39, 0.29) is 24.4 Å². The van der Waals surface area contributed by atoms with Gasteiger partial charge >= 0.3 is 0 Å². The average molecular weight is 524 g/mol. The summed E-state index contributed by atoms with van der Waals surface area (Å²) in [6.07, 6.45) is 2.45. The standard InChI is InChI=1S/C28H23ClFNO4S/c1-33-27-15-22-24(16-28(27)34-2)31-10-9-25(22)35-26-8-5-18(13-23(26)29)12-21(36)14-20(32)11-17-3-6-19(30)7-4-17/h3-10,13,15-16H,11-12,14H2,1-2H3. The van der Waals surface area contributed by atoms with Gasteiger partial charge in [0.25, 0.3) is 0 Å². The molecule has 0 saturated carbocycles. The first-order chi connectivity index (χ1) is 17.4. The normalized spacial score (nSPS) is 10.8. The molecule has 0 N–H and O–H groups in total. The maximum atomic E-state index is 13.0. The SMILES string of the molecule is COc1cc2nccc(Oc3ccc(CC(=S)CC(=O)Cc4ccc(F)cc4)cc3Cl)c2cc1OC. The molecule has 8 heteroatoms. The third-order valence-corrected chi connectivity index (χ3v) is 6.12. The zero-order valence-electron chi connectivity index (χ0n) is 19.7. The van der Waals surface area contributed by atoms with Gasteiger partial charge in [-0.05, 0) is 47.5 Å². The second kappa shape index (κ2) is 11.5. The van der Waals surface area contributed by atoms with E-state index < -0.39 is 0 Å². The maximum absolute atomic E-state index is 13.0. The van der Waals surface area contributed by atoms with Crippen LogP contribution in [0.5, 0.6) is 23.0 Å². The smallest absolute Gasteiger partial charge is 0.162 e. The van der Waals surface area contributed by atoms with Crippen LogP contribution in [0.2, 0.25) is 5.02 Å². The molecule has 1 heterocycles. The Kier molecular flexibility index (Phi) is 8.13. The quantitative estimate of drug-likeness (QED) is 0.210. The highest BCUT2D eigenvalue weighted by molar-refractivity contribution is 7.80. The second-order valence-corrected chi connectivity index (χ2v) is 9.12. The molecule has 36 heavy (non-hydrogen) atoms. The van der Waals surface area contributed by atoms with Gasteiger partial charge in [0.1, 0.15) is 23.1 Å². The number of halogens is 2. The molecule has 0 aliphatic heterocycles. The predicted octanol–water partition coefficient (Wildman–Crippen LogP) is 6.95. The summed E-state index contributed by atoms with van der Waals surface area (Å²) in [6, 6.07) is 16.6. The fourth-order valence-corrected chi connectivity index (χ4v) is 4.36. The lowest BCUT2D eigenvalue weighted by Crippen LogP contribution is -2.11. The summed E-state index contributed by atoms with van der Waals surface area (Å²) in [7, 11) is 3.13. The number of thiocarbonyl (C=S) groups is 1. The van der Waals surface area contributed by atoms with Crippen LogP contribution in [0, 0.1) is 5.82 Å². The largest absolute Gasteiger partial charge is 0.493 e. The number of benzene rings is 3. The van der Waals surface area contributed by atoms with E-state index in [1.54, 1.807) is 62.9 Å². The molecule has 0 unspecified atom stereocenters. The van der Waals surface area contributed by atoms with Crippen LogP contribution >= 0.6 is 23.8 Å². The van der Waals surface area contributed by atoms with Crippen molar-refractivity contribution in [3.05, 3.63) is 88.8 Å². The summed E-state index contributed by atoms with van der Waals surface area (Å²) < 4.78 is 29.9. The molecule has 4 aromatic rings. The van der Waals surface area contributed by atoms with Gasteiger partial charge < -0.3 is 14.2 Å². The minimum Gasteiger partial charge on any atom is -0.493 e. The third kappa shape index (κ3) is 6.17. The number of ketones is 1. The average Bonchev–Trinajstić information content (AvgIpc) is 2.86. The Morgan fingerprint density at radius 3 is 2.28 bits per heavy atom. The van der Waals surface area contributed by atoms with Crippen molar-refractivity contribution >= 4 is 45.4 Å². The summed E-state index contributed by atoms with van der Waals surface area (Å²) in [5.74, 6) is 1.83. The van der Waals surface area contributed by atoms with E-state index in [1.807, 2.05) is 6.07 Å². The van der Waals surface area contributed by atoms with Gasteiger partial charge in [0.15, 0.2) is 11.5 Å². The molecule has 0 aliphatic carbocycles. The van der Waals surface area contributed by atoms with Crippen LogP contribution < -0.4 is 14.2 Å². The summed E-state index contributed by atoms with van der Waals surface area (Å²) >= 11 is 12.0. The highest BCUT2D eigenvalue weighted by Gasteiger charge is 2.14. The van der Waals surface area contributed by atoms with E-state index in [4.69, 9.17) is 38.0 Å². The van der Waals surface area contributed by atoms with E-state index in [0.717, 1.165) is 16.5 Å². The fraction of sp³-hybridized carbons (Fsp3) is 0.179. The van der Waals surface area contributed by atoms with Crippen LogP contribution in [0.4, 0.5) is 4.39 Å². The van der Waals surface area contributed by atoms with Gasteiger partial charge in [0.2, 0.25) is 0 Å². The van der Waals surface area contributed by atoms with E-state index in [0.29, 0.717) is 44.8 Å². The molecule has 1 aromatic heterocycles. The summed E-state index contributed by atoms with van der Waals surface area (Å²) in [6.45, 7) is 0. The Bertz CT molecular complexity index is 1430. The van der Waals surface area contributed by atoms with Crippen molar-refractivity contribution in [2.24, 2.45) is 0 Å². The Hall–Kier alpha value is -3.55. The number of carbonyl (C=O) groups excluding carboxylic acids is 1. The molecular formula is C28H23ClFNO4S. The second-order valence-electron chi connectivity index (χ2n) is 8.13. The predicted molar refractivity (Wildman–Crippen MR) is 142 cm³/mol. The highest BCUT2D eigenvalue weighted by Crippen LogP contribution is 2.38. The number of carbonyl (C=O) groups is 1. The zero-order chi connectivity index (χ0) is 25.7. The molecule has 0 bridgehead atoms. The van der Waals surface area contributed by atoms with Gasteiger partial charge in [-0.1, -0.05) is 42.0 Å². The van der Waals surface area contributed by atoms with Crippen molar-refractivity contribution in [3.8, 4) is 23.0 Å². The number of pyridine rings is 1. The highest BCUT2D eigenvalue weighted by atomic mass is 35.5. The van der Waals surface area contributed by atoms with Gasteiger partial charge in [0.05, 0.1) is 24.8 Å². The van der Waals surface area contributed by atoms with Crippen LogP contribution in [0.3, 0.4) is 0 Å². The number of aromatic nitrogens is 1. The molecule has 3 aromatic carbocycles. The summed E-state index contributed by atoms with van der Waals surface area (Å²) in [4.78, 5) is 17.4. The van der Waals surface area contributed by atoms with Crippen molar-refractivity contribution in [2.45, 2.75) is 19.3 Å². The van der Waals surface area contributed by atoms with Crippen LogP contribution in [-0.2, 0) is 17.6 Å². The van der Waals surface area contributed by atoms with Crippen molar-refractivity contribution < 1.29 is 23.4 Å². The maximum Gasteiger partial charge on any atom is 0.162 e. The molecule has 0 aliphatic rings. The van der Waals surface area contributed by atoms with E-state index >= 15 is 0 Å². The molecule has 0 saturated heterocycles. The number of hydrogen-bond acceptors (Lipinski definition) is 6. The molecule has 0 fully saturated rings. The van der Waals surface area contributed by atoms with Crippen LogP contribution in [-0.4, -0.2) is 29.9 Å². The number of nitrogens with zero attached hydrogens (tertiary/aromatic N) is 1. The lowest BCUT2D eigenvalue weighted by Gasteiger charge is -2.13. The van der Waals surface area contributed by atoms with Gasteiger partial charge in [-0.2, -0.15) is 0 Å². The number of Topliss-reactive ketones (excluding diaryl/α,β-unsaturated/α-hetero) is 1. The Morgan fingerprint density at radius 2 is 1.58 bits per heavy atom. The molecule has 0 radical (unpaired) electrons. The topological polar surface area (TPSA) is 57.7 Å². The van der Waals surface area contributed by atoms with Gasteiger partial charge in [-0.3, -0.25) is 9.78 Å². The Labute approximate surface area is 218 Å². The molecule has 184 valence electrons. The number of hydrogen-bond donors (Lipinski definition) is 0. The first-order valence-corrected chi connectivity index (χ1v) is 11.9. The lowest BCUT2D eigenvalue weighted by atomic mass is 10.0. The number of methoxy groups -OCH3 is 2. The van der Waals surface area contributed by atoms with Crippen molar-refractivity contribution in [1.82, 2.24) is 4.98 Å². The first-order valence-electron chi connectivity index (χ1n) is 11.1. The molecular weight excluding hydrogens is 501 g/mol. The monoisotopic (exact) mass is 523 g/mol. The molecule has 5 nitrogen and oxygen atoms in total. The number of rotatable bonds is 10. The Morgan fingerprint density at radius 1 is 0.889 bits per heavy atom. The van der Waals surface area contributed by atoms with Crippen LogP contribution in [0.15, 0.2) is 66.9 Å². The third-order valence-electron chi connectivity index (χ3n) is 5.53. The van der Waals surface area contributed by atoms with Crippen molar-refractivity contribution in [3.63, 3.8) is 0 Å². The first kappa shape index (κ1) is 25.5. The zero-order valence-corrected chi connectivity index (χ0v) is 21.3. The van der Waals surface area contributed by atoms with Crippen molar-refractivity contribution in [2.75, 3.05) is 14.2 Å². The molecule has 0 atom stereocenters. The van der Waals surface area contributed by atoms with E-state index in [9.17, 15) is 9.18 Å². The van der Waals surface area contributed by atoms with Gasteiger partial charge in [-0.15, -0.1) is 0 Å². The van der Waals surface area contributed by atoms with Gasteiger partial charge in [0, 0.05) is 41.8 Å². The number of ether oxygens (including phenoxy) is 3. The fourth-order valence-electron chi connectivity index (χ4n) is 3.79. The Balaban J connectivity index is 1.44. The van der Waals surface area contributed by atoms with E-state index in [1.165, 1.54) is 12.1 Å². The summed E-state index contributed by atoms with van der Waals surface area (Å²) in [5.41, 5.74) is 2.32. The summed E-state index contributed by atoms with van der Waals surface area (Å²) in [5, 5.41) is 1.16. The molecule has 0 amide bonds. The van der Waals surface area contributed by atoms with E-state index in [2.05, 4.69) is 4.98 Å². The van der Waals surface area contributed by atoms with Crippen molar-refractivity contribution in [1.29, 1.82) is 0 Å². The van der Waals surface area contributed by atoms with Crippen LogP contribution in [0.25, 0.3) is 10.9 Å². The number of fused-ring (bicyclic) bond motifs is 1. The van der Waals surface area contributed by atoms with Gasteiger partial charge in [-0.25, -0.2) is 4.39 Å². The minimum absolute atomic E-state index is 0.0192.